The van der Waals surface area contributed by atoms with E-state index in [-0.39, 0.29) is 0 Å². The first-order valence-corrected chi connectivity index (χ1v) is 11.2. The molecule has 1 aromatic carbocycles. The van der Waals surface area contributed by atoms with Crippen LogP contribution in [0.1, 0.15) is 25.0 Å². The first-order chi connectivity index (χ1) is 14.5. The summed E-state index contributed by atoms with van der Waals surface area (Å²) >= 11 is 6.08. The Hall–Kier alpha value is -2.53. The fourth-order valence-electron chi connectivity index (χ4n) is 4.60. The molecule has 2 aliphatic rings. The molecule has 0 aliphatic carbocycles. The molecular weight excluding hydrogens is 394 g/mol. The van der Waals surface area contributed by atoms with E-state index in [1.807, 2.05) is 24.4 Å². The summed E-state index contributed by atoms with van der Waals surface area (Å²) in [5.74, 6) is 1.40. The van der Waals surface area contributed by atoms with Crippen LogP contribution < -0.4 is 10.6 Å². The monoisotopic (exact) mass is 425 g/mol. The number of H-pyrrole nitrogens is 1. The average Bonchev–Trinajstić information content (AvgIpc) is 3.38. The number of halogens is 1. The lowest BCUT2D eigenvalue weighted by molar-refractivity contribution is 0.220. The van der Waals surface area contributed by atoms with E-state index in [9.17, 15) is 0 Å². The number of nitrogens with zero attached hydrogens (tertiary/aromatic N) is 2. The second-order valence-corrected chi connectivity index (χ2v) is 8.88. The number of aromatic nitrogens is 1. The zero-order valence-electron chi connectivity index (χ0n) is 17.6. The minimum absolute atomic E-state index is 0.383. The highest BCUT2D eigenvalue weighted by Crippen LogP contribution is 2.27. The molecule has 6 heteroatoms. The molecule has 160 valence electrons. The van der Waals surface area contributed by atoms with Crippen LogP contribution in [0, 0.1) is 5.92 Å². The van der Waals surface area contributed by atoms with Crippen molar-refractivity contribution in [3.05, 3.63) is 72.4 Å². The number of piperidine rings is 1. The summed E-state index contributed by atoms with van der Waals surface area (Å²) in [7, 11) is 0. The van der Waals surface area contributed by atoms with Crippen LogP contribution in [0.25, 0.3) is 10.9 Å². The van der Waals surface area contributed by atoms with E-state index in [4.69, 9.17) is 11.6 Å². The molecule has 0 bridgehead atoms. The Kier molecular flexibility index (Phi) is 6.28. The summed E-state index contributed by atoms with van der Waals surface area (Å²) in [5.41, 5.74) is 3.49. The van der Waals surface area contributed by atoms with Gasteiger partial charge in [0.15, 0.2) is 0 Å². The highest BCUT2D eigenvalue weighted by Gasteiger charge is 2.28. The number of fused-ring (bicyclic) bond motifs is 1. The molecule has 3 heterocycles. The molecule has 1 aromatic heterocycles. The van der Waals surface area contributed by atoms with Crippen molar-refractivity contribution in [2.75, 3.05) is 26.2 Å². The van der Waals surface area contributed by atoms with Crippen LogP contribution in [0.2, 0.25) is 5.02 Å². The lowest BCUT2D eigenvalue weighted by atomic mass is 9.99. The average molecular weight is 426 g/mol. The van der Waals surface area contributed by atoms with E-state index in [2.05, 4.69) is 51.2 Å². The zero-order chi connectivity index (χ0) is 21.1. The van der Waals surface area contributed by atoms with Crippen LogP contribution in [0.5, 0.6) is 0 Å². The number of hydrogen-bond acceptors (Lipinski definition) is 4. The summed E-state index contributed by atoms with van der Waals surface area (Å²) < 4.78 is 0. The Bertz CT molecular complexity index is 933. The van der Waals surface area contributed by atoms with Gasteiger partial charge < -0.3 is 25.4 Å². The molecule has 0 saturated carbocycles. The molecule has 0 radical (unpaired) electrons. The second-order valence-electron chi connectivity index (χ2n) is 8.44. The molecule has 2 unspecified atom stereocenters. The maximum atomic E-state index is 6.08. The van der Waals surface area contributed by atoms with E-state index in [1.54, 1.807) is 0 Å². The van der Waals surface area contributed by atoms with Crippen molar-refractivity contribution in [3.8, 4) is 0 Å². The predicted octanol–water partition coefficient (Wildman–Crippen LogP) is 4.42. The fourth-order valence-corrected chi connectivity index (χ4v) is 4.78. The highest BCUT2D eigenvalue weighted by atomic mass is 35.5. The number of aromatic amines is 1. The van der Waals surface area contributed by atoms with E-state index >= 15 is 0 Å². The van der Waals surface area contributed by atoms with Crippen molar-refractivity contribution in [1.82, 2.24) is 25.4 Å². The van der Waals surface area contributed by atoms with Crippen molar-refractivity contribution in [1.29, 1.82) is 0 Å². The number of likely N-dealkylation sites (tertiary alicyclic amines) is 2. The topological polar surface area (TPSA) is 46.3 Å². The standard InChI is InChI=1S/C24H32ClN5/c1-4-29-11-9-19(15-29)17(2)30-10-5-6-22(16-30)27-18(3)26-14-23-13-20-12-21(25)7-8-24(20)28-23/h4,7-8,12-13,19,22,26-28H,1-3,5-6,9-11,14-16H2. The Morgan fingerprint density at radius 1 is 1.20 bits per heavy atom. The van der Waals surface area contributed by atoms with Gasteiger partial charge in [0.1, 0.15) is 0 Å². The quantitative estimate of drug-likeness (QED) is 0.586. The van der Waals surface area contributed by atoms with Gasteiger partial charge >= 0.3 is 0 Å². The third-order valence-corrected chi connectivity index (χ3v) is 6.52. The molecule has 0 amide bonds. The van der Waals surface area contributed by atoms with E-state index in [0.717, 1.165) is 60.0 Å². The third kappa shape index (κ3) is 4.78. The van der Waals surface area contributed by atoms with Crippen molar-refractivity contribution in [2.45, 2.75) is 31.8 Å². The first-order valence-electron chi connectivity index (χ1n) is 10.8. The van der Waals surface area contributed by atoms with Gasteiger partial charge in [0.25, 0.3) is 0 Å². The molecule has 2 aromatic rings. The van der Waals surface area contributed by atoms with Crippen molar-refractivity contribution >= 4 is 22.5 Å². The van der Waals surface area contributed by atoms with Crippen LogP contribution in [0.4, 0.5) is 0 Å². The van der Waals surface area contributed by atoms with Gasteiger partial charge in [-0.2, -0.15) is 0 Å². The molecule has 2 saturated heterocycles. The van der Waals surface area contributed by atoms with Gasteiger partial charge in [-0.3, -0.25) is 0 Å². The number of rotatable bonds is 8. The molecule has 30 heavy (non-hydrogen) atoms. The molecule has 0 spiro atoms. The van der Waals surface area contributed by atoms with Gasteiger partial charge in [-0.05, 0) is 49.7 Å². The summed E-state index contributed by atoms with van der Waals surface area (Å²) in [5, 5.41) is 8.86. The number of benzene rings is 1. The number of hydrogen-bond donors (Lipinski definition) is 3. The summed E-state index contributed by atoms with van der Waals surface area (Å²) in [6.45, 7) is 17.4. The molecule has 2 aliphatic heterocycles. The van der Waals surface area contributed by atoms with Crippen LogP contribution in [-0.4, -0.2) is 47.0 Å². The minimum atomic E-state index is 0.383. The summed E-state index contributed by atoms with van der Waals surface area (Å²) in [6.07, 6.45) is 5.44. The summed E-state index contributed by atoms with van der Waals surface area (Å²) in [4.78, 5) is 8.18. The fraction of sp³-hybridized carbons (Fsp3) is 0.417. The largest absolute Gasteiger partial charge is 0.377 e. The van der Waals surface area contributed by atoms with Crippen LogP contribution in [0.15, 0.2) is 61.7 Å². The van der Waals surface area contributed by atoms with Gasteiger partial charge in [0.05, 0.1) is 12.4 Å². The normalized spacial score (nSPS) is 21.6. The Morgan fingerprint density at radius 3 is 2.87 bits per heavy atom. The van der Waals surface area contributed by atoms with Crippen LogP contribution >= 0.6 is 11.6 Å². The highest BCUT2D eigenvalue weighted by molar-refractivity contribution is 6.31. The Labute approximate surface area is 184 Å². The zero-order valence-corrected chi connectivity index (χ0v) is 18.3. The molecule has 5 nitrogen and oxygen atoms in total. The van der Waals surface area contributed by atoms with E-state index in [0.29, 0.717) is 18.5 Å². The second kappa shape index (κ2) is 9.09. The molecule has 4 rings (SSSR count). The molecule has 2 fully saturated rings. The third-order valence-electron chi connectivity index (χ3n) is 6.29. The number of nitrogens with one attached hydrogen (secondary N) is 3. The van der Waals surface area contributed by atoms with Gasteiger partial charge in [-0.25, -0.2) is 0 Å². The maximum Gasteiger partial charge on any atom is 0.0918 e. The van der Waals surface area contributed by atoms with Gasteiger partial charge in [-0.15, -0.1) is 0 Å². The lowest BCUT2D eigenvalue weighted by Gasteiger charge is -2.38. The maximum absolute atomic E-state index is 6.08. The smallest absolute Gasteiger partial charge is 0.0918 e. The minimum Gasteiger partial charge on any atom is -0.377 e. The molecule has 3 N–H and O–H groups in total. The van der Waals surface area contributed by atoms with Crippen molar-refractivity contribution in [3.63, 3.8) is 0 Å². The van der Waals surface area contributed by atoms with Gasteiger partial charge in [0.2, 0.25) is 0 Å². The molecule has 2 atom stereocenters. The van der Waals surface area contributed by atoms with Crippen LogP contribution in [0.3, 0.4) is 0 Å². The van der Waals surface area contributed by atoms with Crippen molar-refractivity contribution in [2.24, 2.45) is 5.92 Å². The summed E-state index contributed by atoms with van der Waals surface area (Å²) in [6, 6.07) is 8.40. The van der Waals surface area contributed by atoms with E-state index < -0.39 is 0 Å². The van der Waals surface area contributed by atoms with Crippen molar-refractivity contribution < 1.29 is 0 Å². The SMILES string of the molecule is C=CN1CCC(C(=C)N2CCCC(NC(=C)NCc3cc4cc(Cl)ccc4[nH]3)C2)C1. The first kappa shape index (κ1) is 20.7. The van der Waals surface area contributed by atoms with Crippen LogP contribution in [-0.2, 0) is 6.54 Å². The van der Waals surface area contributed by atoms with Gasteiger partial charge in [-0.1, -0.05) is 31.3 Å². The van der Waals surface area contributed by atoms with E-state index in [1.165, 1.54) is 18.5 Å². The Balaban J connectivity index is 1.26. The Morgan fingerprint density at radius 2 is 2.07 bits per heavy atom. The lowest BCUT2D eigenvalue weighted by Crippen LogP contribution is -2.47. The molecular formula is C24H32ClN5. The predicted molar refractivity (Wildman–Crippen MR) is 126 cm³/mol. The van der Waals surface area contributed by atoms with Gasteiger partial charge in [0, 0.05) is 65.5 Å².